The summed E-state index contributed by atoms with van der Waals surface area (Å²) in [6, 6.07) is 19.6. The molecule has 0 aliphatic carbocycles. The number of anilines is 1. The highest BCUT2D eigenvalue weighted by molar-refractivity contribution is 6.34. The minimum absolute atomic E-state index is 0.0100. The maximum Gasteiger partial charge on any atom is 0.349 e. The summed E-state index contributed by atoms with van der Waals surface area (Å²) in [5.74, 6) is -7.01. The molecule has 3 amide bonds. The predicted molar refractivity (Wildman–Crippen MR) is 158 cm³/mol. The van der Waals surface area contributed by atoms with Gasteiger partial charge >= 0.3 is 17.9 Å². The average Bonchev–Trinajstić information content (AvgIpc) is 3.57. The zero-order valence-corrected chi connectivity index (χ0v) is 24.2. The number of hydrazine groups is 1. The molecule has 230 valence electrons. The van der Waals surface area contributed by atoms with Gasteiger partial charge in [0.15, 0.2) is 5.76 Å². The molecule has 4 N–H and O–H groups in total. The lowest BCUT2D eigenvalue weighted by Gasteiger charge is -2.24. The van der Waals surface area contributed by atoms with Crippen LogP contribution in [-0.2, 0) is 19.1 Å². The van der Waals surface area contributed by atoms with Crippen LogP contribution in [0, 0.1) is 0 Å². The van der Waals surface area contributed by atoms with E-state index in [-0.39, 0.29) is 32.5 Å². The van der Waals surface area contributed by atoms with E-state index in [1.807, 2.05) is 5.43 Å². The summed E-state index contributed by atoms with van der Waals surface area (Å²) in [4.78, 5) is 75.9. The summed E-state index contributed by atoms with van der Waals surface area (Å²) in [6.45, 7) is 0. The quantitative estimate of drug-likeness (QED) is 0.143. The van der Waals surface area contributed by atoms with Gasteiger partial charge in [-0.05, 0) is 60.7 Å². The van der Waals surface area contributed by atoms with Gasteiger partial charge in [-0.1, -0.05) is 47.5 Å². The minimum atomic E-state index is -2.39. The van der Waals surface area contributed by atoms with E-state index < -0.39 is 47.8 Å². The topological polar surface area (TPSA) is 190 Å². The third-order valence-electron chi connectivity index (χ3n) is 5.88. The number of carbonyl (C=O) groups excluding carboxylic acids is 5. The number of benzene rings is 3. The molecule has 0 fully saturated rings. The molecule has 15 heteroatoms. The first-order valence-electron chi connectivity index (χ1n) is 12.7. The molecule has 4 rings (SSSR count). The number of ether oxygens (including phenoxy) is 2. The van der Waals surface area contributed by atoms with Crippen LogP contribution in [0.5, 0.6) is 0 Å². The highest BCUT2D eigenvalue weighted by Crippen LogP contribution is 2.21. The number of rotatable bonds is 10. The number of carbonyl (C=O) groups is 6. The first kappa shape index (κ1) is 32.3. The first-order chi connectivity index (χ1) is 21.5. The Morgan fingerprint density at radius 2 is 1.22 bits per heavy atom. The van der Waals surface area contributed by atoms with Crippen molar-refractivity contribution in [3.63, 3.8) is 0 Å². The molecule has 0 aliphatic rings. The van der Waals surface area contributed by atoms with Gasteiger partial charge in [0.2, 0.25) is 12.2 Å². The third kappa shape index (κ3) is 8.25. The molecule has 1 aromatic heterocycles. The second kappa shape index (κ2) is 14.7. The van der Waals surface area contributed by atoms with Crippen molar-refractivity contribution in [3.05, 3.63) is 124 Å². The molecular formula is C30H21Cl2N3O10. The summed E-state index contributed by atoms with van der Waals surface area (Å²) >= 11 is 12.0. The second-order valence-corrected chi connectivity index (χ2v) is 9.72. The molecule has 1 heterocycles. The molecule has 0 unspecified atom stereocenters. The standard InChI is InChI=1S/C30H21Cl2N3O10/c31-20-8-3-1-6-18(20)29(41)44-23(24(28(39)40)45-30(42)19-7-2-4-9-21(19)32)27(38)35-34-25(36)16-11-13-17(14-12-16)33-26(37)22-10-5-15-43-22/h1-15,23-24H,(H,33,37)(H,34,36)(H,35,38)(H,39,40)/t23-,24+/m1/s1. The highest BCUT2D eigenvalue weighted by atomic mass is 35.5. The Kier molecular flexibility index (Phi) is 10.5. The number of esters is 2. The van der Waals surface area contributed by atoms with Crippen molar-refractivity contribution in [3.8, 4) is 0 Å². The lowest BCUT2D eigenvalue weighted by atomic mass is 10.1. The molecule has 3 aromatic carbocycles. The van der Waals surface area contributed by atoms with Gasteiger partial charge in [-0.2, -0.15) is 0 Å². The predicted octanol–water partition coefficient (Wildman–Crippen LogP) is 4.14. The zero-order chi connectivity index (χ0) is 32.5. The smallest absolute Gasteiger partial charge is 0.349 e. The molecular weight excluding hydrogens is 633 g/mol. The molecule has 0 bridgehead atoms. The SMILES string of the molecule is O=C(NNC(=O)[C@H](OC(=O)c1ccccc1Cl)[C@H](OC(=O)c1ccccc1Cl)C(=O)O)c1ccc(NC(=O)c2ccco2)cc1. The number of nitrogens with one attached hydrogen (secondary N) is 3. The summed E-state index contributed by atoms with van der Waals surface area (Å²) in [5.41, 5.74) is 3.92. The number of hydrogen-bond donors (Lipinski definition) is 4. The van der Waals surface area contributed by atoms with Crippen molar-refractivity contribution in [2.45, 2.75) is 12.2 Å². The Morgan fingerprint density at radius 1 is 0.667 bits per heavy atom. The normalized spacial score (nSPS) is 11.8. The molecule has 0 aliphatic heterocycles. The van der Waals surface area contributed by atoms with Crippen molar-refractivity contribution in [2.24, 2.45) is 0 Å². The summed E-state index contributed by atoms with van der Waals surface area (Å²) in [7, 11) is 0. The van der Waals surface area contributed by atoms with E-state index in [1.165, 1.54) is 85.1 Å². The van der Waals surface area contributed by atoms with Crippen molar-refractivity contribution < 1.29 is 47.8 Å². The molecule has 0 radical (unpaired) electrons. The van der Waals surface area contributed by atoms with Crippen LogP contribution in [0.1, 0.15) is 41.6 Å². The third-order valence-corrected chi connectivity index (χ3v) is 6.54. The molecule has 2 atom stereocenters. The maximum atomic E-state index is 13.2. The number of hydrogen-bond acceptors (Lipinski definition) is 9. The summed E-state index contributed by atoms with van der Waals surface area (Å²) in [6.07, 6.45) is -3.38. The van der Waals surface area contributed by atoms with Gasteiger partial charge in [-0.15, -0.1) is 0 Å². The minimum Gasteiger partial charge on any atom is -0.478 e. The van der Waals surface area contributed by atoms with Gasteiger partial charge in [0.05, 0.1) is 27.4 Å². The van der Waals surface area contributed by atoms with Crippen molar-refractivity contribution >= 4 is 64.5 Å². The Balaban J connectivity index is 1.50. The Morgan fingerprint density at radius 3 is 1.73 bits per heavy atom. The fraction of sp³-hybridized carbons (Fsp3) is 0.0667. The second-order valence-electron chi connectivity index (χ2n) is 8.90. The molecule has 4 aromatic rings. The van der Waals surface area contributed by atoms with E-state index in [4.69, 9.17) is 37.1 Å². The number of amides is 3. The largest absolute Gasteiger partial charge is 0.478 e. The van der Waals surface area contributed by atoms with Crippen LogP contribution in [0.4, 0.5) is 5.69 Å². The van der Waals surface area contributed by atoms with Crippen LogP contribution < -0.4 is 16.2 Å². The van der Waals surface area contributed by atoms with Crippen LogP contribution in [0.15, 0.2) is 95.6 Å². The first-order valence-corrected chi connectivity index (χ1v) is 13.5. The molecule has 0 spiro atoms. The molecule has 0 saturated carbocycles. The van der Waals surface area contributed by atoms with E-state index >= 15 is 0 Å². The molecule has 0 saturated heterocycles. The number of furan rings is 1. The Labute approximate surface area is 264 Å². The van der Waals surface area contributed by atoms with Gasteiger partial charge in [0, 0.05) is 11.3 Å². The van der Waals surface area contributed by atoms with Crippen molar-refractivity contribution in [1.82, 2.24) is 10.9 Å². The van der Waals surface area contributed by atoms with Crippen LogP contribution in [-0.4, -0.2) is 52.9 Å². The van der Waals surface area contributed by atoms with Crippen LogP contribution in [0.25, 0.3) is 0 Å². The van der Waals surface area contributed by atoms with Crippen molar-refractivity contribution in [2.75, 3.05) is 5.32 Å². The zero-order valence-electron chi connectivity index (χ0n) is 22.7. The van der Waals surface area contributed by atoms with E-state index in [0.717, 1.165) is 0 Å². The highest BCUT2D eigenvalue weighted by Gasteiger charge is 2.41. The van der Waals surface area contributed by atoms with Gasteiger partial charge < -0.3 is 24.3 Å². The fourth-order valence-corrected chi connectivity index (χ4v) is 4.10. The molecule has 45 heavy (non-hydrogen) atoms. The van der Waals surface area contributed by atoms with E-state index in [9.17, 15) is 33.9 Å². The van der Waals surface area contributed by atoms with Crippen LogP contribution >= 0.6 is 23.2 Å². The lowest BCUT2D eigenvalue weighted by Crippen LogP contribution is -2.54. The number of carboxylic acid groups (broad SMARTS) is 1. The van der Waals surface area contributed by atoms with E-state index in [2.05, 4.69) is 10.7 Å². The number of aliphatic carboxylic acids is 1. The van der Waals surface area contributed by atoms with Gasteiger partial charge in [0.1, 0.15) is 0 Å². The van der Waals surface area contributed by atoms with Crippen LogP contribution in [0.3, 0.4) is 0 Å². The Hall–Kier alpha value is -5.66. The molecule has 13 nitrogen and oxygen atoms in total. The lowest BCUT2D eigenvalue weighted by molar-refractivity contribution is -0.159. The van der Waals surface area contributed by atoms with E-state index in [1.54, 1.807) is 6.07 Å². The Bertz CT molecular complexity index is 1740. The fourth-order valence-electron chi connectivity index (χ4n) is 3.67. The monoisotopic (exact) mass is 653 g/mol. The number of halogens is 2. The van der Waals surface area contributed by atoms with Gasteiger partial charge in [-0.25, -0.2) is 14.4 Å². The van der Waals surface area contributed by atoms with Gasteiger partial charge in [0.25, 0.3) is 17.7 Å². The van der Waals surface area contributed by atoms with E-state index in [0.29, 0.717) is 5.69 Å². The van der Waals surface area contributed by atoms with Crippen LogP contribution in [0.2, 0.25) is 10.0 Å². The van der Waals surface area contributed by atoms with Gasteiger partial charge in [-0.3, -0.25) is 25.2 Å². The van der Waals surface area contributed by atoms with Crippen molar-refractivity contribution in [1.29, 1.82) is 0 Å². The summed E-state index contributed by atoms with van der Waals surface area (Å²) < 4.78 is 15.2. The maximum absolute atomic E-state index is 13.2. The number of carboxylic acids is 1. The average molecular weight is 654 g/mol. The summed E-state index contributed by atoms with van der Waals surface area (Å²) in [5, 5.41) is 12.3.